The fourth-order valence-electron chi connectivity index (χ4n) is 3.81. The molecule has 30 heavy (non-hydrogen) atoms. The van der Waals surface area contributed by atoms with Crippen molar-refractivity contribution in [3.05, 3.63) is 69.9 Å². The Hall–Kier alpha value is -3.19. The first-order valence-electron chi connectivity index (χ1n) is 9.64. The molecule has 7 heteroatoms. The highest BCUT2D eigenvalue weighted by molar-refractivity contribution is 7.10. The Balaban J connectivity index is 1.71. The van der Waals surface area contributed by atoms with Crippen molar-refractivity contribution in [1.82, 2.24) is 4.90 Å². The number of hydrogen-bond acceptors (Lipinski definition) is 5. The number of hydrogen-bond donors (Lipinski definition) is 1. The van der Waals surface area contributed by atoms with Crippen LogP contribution in [0.4, 0.5) is 10.5 Å². The Bertz CT molecular complexity index is 1040. The average Bonchev–Trinajstić information content (AvgIpc) is 3.31. The maximum absolute atomic E-state index is 13.3. The minimum absolute atomic E-state index is 0.151. The van der Waals surface area contributed by atoms with Gasteiger partial charge in [-0.05, 0) is 53.3 Å². The number of rotatable bonds is 5. The van der Waals surface area contributed by atoms with Crippen LogP contribution in [-0.4, -0.2) is 38.8 Å². The molecule has 0 saturated heterocycles. The molecule has 1 aromatic heterocycles. The molecule has 0 saturated carbocycles. The van der Waals surface area contributed by atoms with Gasteiger partial charge in [-0.15, -0.1) is 11.3 Å². The molecular formula is C23H24N2O4S. The number of urea groups is 1. The molecule has 3 aromatic rings. The summed E-state index contributed by atoms with van der Waals surface area (Å²) in [5.41, 5.74) is 2.92. The van der Waals surface area contributed by atoms with E-state index in [1.807, 2.05) is 52.7 Å². The number of carbonyl (C=O) groups excluding carboxylic acids is 1. The Kier molecular flexibility index (Phi) is 5.81. The lowest BCUT2D eigenvalue weighted by molar-refractivity contribution is 0.194. The number of fused-ring (bicyclic) bond motifs is 1. The summed E-state index contributed by atoms with van der Waals surface area (Å²) >= 11 is 1.64. The number of thiophene rings is 1. The molecule has 1 aliphatic heterocycles. The van der Waals surface area contributed by atoms with Crippen molar-refractivity contribution < 1.29 is 19.0 Å². The van der Waals surface area contributed by atoms with Crippen LogP contribution in [-0.2, 0) is 6.42 Å². The Morgan fingerprint density at radius 2 is 1.83 bits per heavy atom. The lowest BCUT2D eigenvalue weighted by Gasteiger charge is -2.37. The number of carbonyl (C=O) groups is 1. The number of ether oxygens (including phenoxy) is 3. The van der Waals surface area contributed by atoms with E-state index in [2.05, 4.69) is 11.4 Å². The van der Waals surface area contributed by atoms with E-state index < -0.39 is 0 Å². The zero-order valence-corrected chi connectivity index (χ0v) is 18.0. The van der Waals surface area contributed by atoms with Gasteiger partial charge in [0.05, 0.1) is 27.4 Å². The average molecular weight is 425 g/mol. The third-order valence-electron chi connectivity index (χ3n) is 5.27. The van der Waals surface area contributed by atoms with Gasteiger partial charge < -0.3 is 24.4 Å². The van der Waals surface area contributed by atoms with Crippen molar-refractivity contribution in [2.45, 2.75) is 12.5 Å². The third kappa shape index (κ3) is 3.80. The predicted molar refractivity (Wildman–Crippen MR) is 118 cm³/mol. The van der Waals surface area contributed by atoms with E-state index in [0.717, 1.165) is 22.4 Å². The van der Waals surface area contributed by atoms with Crippen molar-refractivity contribution in [1.29, 1.82) is 0 Å². The third-order valence-corrected chi connectivity index (χ3v) is 6.19. The van der Waals surface area contributed by atoms with E-state index in [0.29, 0.717) is 29.5 Å². The van der Waals surface area contributed by atoms with E-state index in [1.165, 1.54) is 0 Å². The summed E-state index contributed by atoms with van der Waals surface area (Å²) in [6, 6.07) is 15.1. The maximum Gasteiger partial charge on any atom is 0.322 e. The standard InChI is InChI=1S/C23H24N2O4S/c1-27-17-7-4-6-16(13-17)24-23(26)25-10-9-15-12-19(28-2)20(29-3)14-18(15)22(25)21-8-5-11-30-21/h4-8,11-14,22H,9-10H2,1-3H3,(H,24,26). The van der Waals surface area contributed by atoms with Crippen molar-refractivity contribution in [2.75, 3.05) is 33.2 Å². The van der Waals surface area contributed by atoms with Gasteiger partial charge in [0, 0.05) is 23.2 Å². The molecule has 0 fully saturated rings. The topological polar surface area (TPSA) is 60.0 Å². The molecule has 156 valence electrons. The number of nitrogens with zero attached hydrogens (tertiary/aromatic N) is 1. The quantitative estimate of drug-likeness (QED) is 0.629. The molecule has 1 unspecified atom stereocenters. The molecule has 0 spiro atoms. The highest BCUT2D eigenvalue weighted by atomic mass is 32.1. The van der Waals surface area contributed by atoms with Gasteiger partial charge in [-0.25, -0.2) is 4.79 Å². The zero-order chi connectivity index (χ0) is 21.1. The van der Waals surface area contributed by atoms with Crippen LogP contribution < -0.4 is 19.5 Å². The van der Waals surface area contributed by atoms with Gasteiger partial charge in [-0.1, -0.05) is 12.1 Å². The Morgan fingerprint density at radius 1 is 1.03 bits per heavy atom. The van der Waals surface area contributed by atoms with Gasteiger partial charge in [0.15, 0.2) is 11.5 Å². The van der Waals surface area contributed by atoms with Crippen LogP contribution >= 0.6 is 11.3 Å². The van der Waals surface area contributed by atoms with Crippen LogP contribution in [0.2, 0.25) is 0 Å². The van der Waals surface area contributed by atoms with E-state index in [1.54, 1.807) is 32.7 Å². The summed E-state index contributed by atoms with van der Waals surface area (Å²) in [5, 5.41) is 5.05. The smallest absolute Gasteiger partial charge is 0.322 e. The van der Waals surface area contributed by atoms with Crippen LogP contribution in [0.15, 0.2) is 53.9 Å². The highest BCUT2D eigenvalue weighted by Crippen LogP contribution is 2.42. The van der Waals surface area contributed by atoms with Gasteiger partial charge in [0.1, 0.15) is 5.75 Å². The molecule has 2 amide bonds. The van der Waals surface area contributed by atoms with Gasteiger partial charge in [0.2, 0.25) is 0 Å². The van der Waals surface area contributed by atoms with Crippen LogP contribution in [0, 0.1) is 0 Å². The van der Waals surface area contributed by atoms with Crippen LogP contribution in [0.25, 0.3) is 0 Å². The second-order valence-electron chi connectivity index (χ2n) is 6.93. The normalized spacial score (nSPS) is 15.3. The second-order valence-corrected chi connectivity index (χ2v) is 7.91. The molecular weight excluding hydrogens is 400 g/mol. The minimum atomic E-state index is -0.195. The SMILES string of the molecule is COc1cccc(NC(=O)N2CCc3cc(OC)c(OC)cc3C2c2cccs2)c1. The van der Waals surface area contributed by atoms with E-state index in [-0.39, 0.29) is 12.1 Å². The summed E-state index contributed by atoms with van der Waals surface area (Å²) in [5.74, 6) is 2.06. The largest absolute Gasteiger partial charge is 0.497 e. The fraction of sp³-hybridized carbons (Fsp3) is 0.261. The van der Waals surface area contributed by atoms with E-state index >= 15 is 0 Å². The molecule has 0 bridgehead atoms. The predicted octanol–water partition coefficient (Wildman–Crippen LogP) is 4.95. The van der Waals surface area contributed by atoms with Crippen molar-refractivity contribution in [2.24, 2.45) is 0 Å². The molecule has 1 atom stereocenters. The lowest BCUT2D eigenvalue weighted by atomic mass is 9.91. The van der Waals surface area contributed by atoms with Gasteiger partial charge in [0.25, 0.3) is 0 Å². The van der Waals surface area contributed by atoms with Crippen molar-refractivity contribution >= 4 is 23.1 Å². The van der Waals surface area contributed by atoms with Gasteiger partial charge >= 0.3 is 6.03 Å². The molecule has 1 aliphatic rings. The van der Waals surface area contributed by atoms with Gasteiger partial charge in [-0.2, -0.15) is 0 Å². The molecule has 2 heterocycles. The summed E-state index contributed by atoms with van der Waals surface area (Å²) in [4.78, 5) is 16.3. The number of anilines is 1. The Labute approximate surface area is 180 Å². The van der Waals surface area contributed by atoms with Crippen LogP contribution in [0.1, 0.15) is 22.0 Å². The number of nitrogens with one attached hydrogen (secondary N) is 1. The van der Waals surface area contributed by atoms with Gasteiger partial charge in [-0.3, -0.25) is 0 Å². The first-order valence-corrected chi connectivity index (χ1v) is 10.5. The first-order chi connectivity index (χ1) is 14.6. The van der Waals surface area contributed by atoms with Crippen LogP contribution in [0.3, 0.4) is 0 Å². The molecule has 0 aliphatic carbocycles. The molecule has 4 rings (SSSR count). The highest BCUT2D eigenvalue weighted by Gasteiger charge is 2.34. The molecule has 1 N–H and O–H groups in total. The molecule has 2 aromatic carbocycles. The summed E-state index contributed by atoms with van der Waals surface area (Å²) in [7, 11) is 4.87. The number of benzene rings is 2. The number of methoxy groups -OCH3 is 3. The molecule has 0 radical (unpaired) electrons. The molecule has 6 nitrogen and oxygen atoms in total. The monoisotopic (exact) mass is 424 g/mol. The van der Waals surface area contributed by atoms with Crippen molar-refractivity contribution in [3.63, 3.8) is 0 Å². The number of amides is 2. The first kappa shape index (κ1) is 20.1. The minimum Gasteiger partial charge on any atom is -0.497 e. The Morgan fingerprint density at radius 3 is 2.53 bits per heavy atom. The lowest BCUT2D eigenvalue weighted by Crippen LogP contribution is -2.42. The second kappa shape index (κ2) is 8.67. The fourth-order valence-corrected chi connectivity index (χ4v) is 4.67. The summed E-state index contributed by atoms with van der Waals surface area (Å²) in [6.45, 7) is 0.598. The maximum atomic E-state index is 13.3. The summed E-state index contributed by atoms with van der Waals surface area (Å²) in [6.07, 6.45) is 0.739. The van der Waals surface area contributed by atoms with Crippen LogP contribution in [0.5, 0.6) is 17.2 Å². The van der Waals surface area contributed by atoms with Crippen molar-refractivity contribution in [3.8, 4) is 17.2 Å². The zero-order valence-electron chi connectivity index (χ0n) is 17.2. The van der Waals surface area contributed by atoms with E-state index in [4.69, 9.17) is 14.2 Å². The summed E-state index contributed by atoms with van der Waals surface area (Å²) < 4.78 is 16.3. The van der Waals surface area contributed by atoms with E-state index in [9.17, 15) is 4.79 Å².